The fourth-order valence-electron chi connectivity index (χ4n) is 2.59. The second-order valence-corrected chi connectivity index (χ2v) is 4.80. The Morgan fingerprint density at radius 3 is 2.72 bits per heavy atom. The second-order valence-electron chi connectivity index (χ2n) is 4.80. The first-order valence-electron chi connectivity index (χ1n) is 6.41. The van der Waals surface area contributed by atoms with Crippen molar-refractivity contribution in [2.45, 2.75) is 25.5 Å². The van der Waals surface area contributed by atoms with E-state index in [1.165, 1.54) is 16.8 Å². The van der Waals surface area contributed by atoms with E-state index < -0.39 is 0 Å². The van der Waals surface area contributed by atoms with E-state index in [0.29, 0.717) is 6.04 Å². The van der Waals surface area contributed by atoms with Crippen LogP contribution in [-0.4, -0.2) is 5.11 Å². The summed E-state index contributed by atoms with van der Waals surface area (Å²) in [5.41, 5.74) is 4.85. The van der Waals surface area contributed by atoms with Gasteiger partial charge in [-0.1, -0.05) is 42.5 Å². The van der Waals surface area contributed by atoms with Gasteiger partial charge in [-0.25, -0.2) is 0 Å². The van der Waals surface area contributed by atoms with Gasteiger partial charge in [0.25, 0.3) is 0 Å². The molecular formula is C16H17NO. The SMILES string of the molecule is OCc1ccc2c(c1)CCC(c1ccccc1)N2. The Hall–Kier alpha value is -1.80. The molecule has 1 heterocycles. The van der Waals surface area contributed by atoms with Gasteiger partial charge in [0, 0.05) is 5.69 Å². The number of fused-ring (bicyclic) bond motifs is 1. The number of aryl methyl sites for hydroxylation is 1. The number of aliphatic hydroxyl groups excluding tert-OH is 1. The third kappa shape index (κ3) is 2.12. The topological polar surface area (TPSA) is 32.3 Å². The third-order valence-electron chi connectivity index (χ3n) is 3.59. The highest BCUT2D eigenvalue weighted by Gasteiger charge is 2.18. The van der Waals surface area contributed by atoms with Crippen LogP contribution in [0.2, 0.25) is 0 Å². The Kier molecular flexibility index (Phi) is 3.03. The van der Waals surface area contributed by atoms with E-state index in [1.807, 2.05) is 12.1 Å². The molecule has 0 bridgehead atoms. The lowest BCUT2D eigenvalue weighted by Crippen LogP contribution is -2.18. The lowest BCUT2D eigenvalue weighted by atomic mass is 9.92. The number of anilines is 1. The molecule has 18 heavy (non-hydrogen) atoms. The van der Waals surface area contributed by atoms with Crippen molar-refractivity contribution in [2.75, 3.05) is 5.32 Å². The maximum absolute atomic E-state index is 9.15. The molecular weight excluding hydrogens is 222 g/mol. The molecule has 0 aliphatic carbocycles. The van der Waals surface area contributed by atoms with Gasteiger partial charge in [-0.2, -0.15) is 0 Å². The molecule has 2 aromatic rings. The second kappa shape index (κ2) is 4.83. The predicted octanol–water partition coefficient (Wildman–Crippen LogP) is 3.28. The van der Waals surface area contributed by atoms with Crippen LogP contribution in [0.3, 0.4) is 0 Å². The smallest absolute Gasteiger partial charge is 0.0681 e. The fraction of sp³-hybridized carbons (Fsp3) is 0.250. The molecule has 0 fully saturated rings. The summed E-state index contributed by atoms with van der Waals surface area (Å²) >= 11 is 0. The van der Waals surface area contributed by atoms with Gasteiger partial charge in [0.15, 0.2) is 0 Å². The quantitative estimate of drug-likeness (QED) is 0.843. The van der Waals surface area contributed by atoms with Crippen LogP contribution in [0.15, 0.2) is 48.5 Å². The molecule has 0 spiro atoms. The summed E-state index contributed by atoms with van der Waals surface area (Å²) in [6.45, 7) is 0.120. The first-order valence-corrected chi connectivity index (χ1v) is 6.41. The molecule has 3 rings (SSSR count). The lowest BCUT2D eigenvalue weighted by molar-refractivity contribution is 0.281. The van der Waals surface area contributed by atoms with Crippen LogP contribution >= 0.6 is 0 Å². The van der Waals surface area contributed by atoms with Crippen LogP contribution in [0.5, 0.6) is 0 Å². The van der Waals surface area contributed by atoms with E-state index in [9.17, 15) is 0 Å². The van der Waals surface area contributed by atoms with Crippen LogP contribution in [0.1, 0.15) is 29.2 Å². The summed E-state index contributed by atoms with van der Waals surface area (Å²) in [7, 11) is 0. The van der Waals surface area contributed by atoms with Gasteiger partial charge in [-0.15, -0.1) is 0 Å². The molecule has 1 aliphatic heterocycles. The van der Waals surface area contributed by atoms with Gasteiger partial charge >= 0.3 is 0 Å². The van der Waals surface area contributed by atoms with E-state index in [2.05, 4.69) is 41.7 Å². The molecule has 1 unspecified atom stereocenters. The summed E-state index contributed by atoms with van der Waals surface area (Å²) in [6, 6.07) is 17.1. The summed E-state index contributed by atoms with van der Waals surface area (Å²) in [6.07, 6.45) is 2.17. The van der Waals surface area contributed by atoms with Crippen molar-refractivity contribution in [1.29, 1.82) is 0 Å². The van der Waals surface area contributed by atoms with E-state index in [4.69, 9.17) is 5.11 Å². The van der Waals surface area contributed by atoms with Gasteiger partial charge in [0.2, 0.25) is 0 Å². The average Bonchev–Trinajstić information content (AvgIpc) is 2.47. The van der Waals surface area contributed by atoms with Crippen molar-refractivity contribution in [3.8, 4) is 0 Å². The zero-order valence-corrected chi connectivity index (χ0v) is 10.3. The number of rotatable bonds is 2. The average molecular weight is 239 g/mol. The number of hydrogen-bond donors (Lipinski definition) is 2. The Bertz CT molecular complexity index is 536. The Balaban J connectivity index is 1.85. The monoisotopic (exact) mass is 239 g/mol. The molecule has 2 N–H and O–H groups in total. The molecule has 0 amide bonds. The molecule has 1 aliphatic rings. The fourth-order valence-corrected chi connectivity index (χ4v) is 2.59. The van der Waals surface area contributed by atoms with Gasteiger partial charge in [-0.3, -0.25) is 0 Å². The minimum absolute atomic E-state index is 0.120. The minimum Gasteiger partial charge on any atom is -0.392 e. The van der Waals surface area contributed by atoms with Crippen LogP contribution in [0, 0.1) is 0 Å². The van der Waals surface area contributed by atoms with Crippen LogP contribution < -0.4 is 5.32 Å². The summed E-state index contributed by atoms with van der Waals surface area (Å²) in [5, 5.41) is 12.7. The third-order valence-corrected chi connectivity index (χ3v) is 3.59. The summed E-state index contributed by atoms with van der Waals surface area (Å²) in [5.74, 6) is 0. The van der Waals surface area contributed by atoms with Crippen LogP contribution in [-0.2, 0) is 13.0 Å². The van der Waals surface area contributed by atoms with Gasteiger partial charge in [-0.05, 0) is 35.6 Å². The van der Waals surface area contributed by atoms with Crippen LogP contribution in [0.4, 0.5) is 5.69 Å². The Labute approximate surface area is 107 Å². The highest BCUT2D eigenvalue weighted by Crippen LogP contribution is 2.32. The van der Waals surface area contributed by atoms with Crippen molar-refractivity contribution in [3.05, 3.63) is 65.2 Å². The molecule has 0 aromatic heterocycles. The number of benzene rings is 2. The standard InChI is InChI=1S/C16H17NO/c18-11-12-6-8-16-14(10-12)7-9-15(17-16)13-4-2-1-3-5-13/h1-6,8,10,15,17-18H,7,9,11H2. The van der Waals surface area contributed by atoms with Crippen molar-refractivity contribution in [2.24, 2.45) is 0 Å². The molecule has 2 nitrogen and oxygen atoms in total. The Morgan fingerprint density at radius 2 is 1.94 bits per heavy atom. The van der Waals surface area contributed by atoms with E-state index in [1.54, 1.807) is 0 Å². The van der Waals surface area contributed by atoms with Crippen LogP contribution in [0.25, 0.3) is 0 Å². The lowest BCUT2D eigenvalue weighted by Gasteiger charge is -2.27. The zero-order valence-electron chi connectivity index (χ0n) is 10.3. The Morgan fingerprint density at radius 1 is 1.11 bits per heavy atom. The van der Waals surface area contributed by atoms with E-state index in [-0.39, 0.29) is 6.61 Å². The van der Waals surface area contributed by atoms with Gasteiger partial charge in [0.1, 0.15) is 0 Å². The maximum atomic E-state index is 9.15. The summed E-state index contributed by atoms with van der Waals surface area (Å²) in [4.78, 5) is 0. The number of aliphatic hydroxyl groups is 1. The van der Waals surface area contributed by atoms with Crippen molar-refractivity contribution >= 4 is 5.69 Å². The largest absolute Gasteiger partial charge is 0.392 e. The first kappa shape index (κ1) is 11.3. The summed E-state index contributed by atoms with van der Waals surface area (Å²) < 4.78 is 0. The van der Waals surface area contributed by atoms with Gasteiger partial charge in [0.05, 0.1) is 12.6 Å². The minimum atomic E-state index is 0.120. The highest BCUT2D eigenvalue weighted by atomic mass is 16.3. The number of nitrogens with one attached hydrogen (secondary N) is 1. The zero-order chi connectivity index (χ0) is 12.4. The normalized spacial score (nSPS) is 17.9. The molecule has 1 atom stereocenters. The van der Waals surface area contributed by atoms with Crippen molar-refractivity contribution in [1.82, 2.24) is 0 Å². The molecule has 0 radical (unpaired) electrons. The predicted molar refractivity (Wildman–Crippen MR) is 73.5 cm³/mol. The maximum Gasteiger partial charge on any atom is 0.0681 e. The van der Waals surface area contributed by atoms with Gasteiger partial charge < -0.3 is 10.4 Å². The molecule has 2 heteroatoms. The molecule has 0 saturated carbocycles. The highest BCUT2D eigenvalue weighted by molar-refractivity contribution is 5.56. The van der Waals surface area contributed by atoms with E-state index >= 15 is 0 Å². The van der Waals surface area contributed by atoms with Crippen molar-refractivity contribution < 1.29 is 5.11 Å². The molecule has 92 valence electrons. The van der Waals surface area contributed by atoms with Crippen molar-refractivity contribution in [3.63, 3.8) is 0 Å². The molecule has 0 saturated heterocycles. The van der Waals surface area contributed by atoms with E-state index in [0.717, 1.165) is 18.4 Å². The molecule has 2 aromatic carbocycles. The number of hydrogen-bond acceptors (Lipinski definition) is 2. The first-order chi connectivity index (χ1) is 8.86.